The first-order valence-corrected chi connectivity index (χ1v) is 11.8. The quantitative estimate of drug-likeness (QED) is 0.377. The molecule has 3 N–H and O–H groups in total. The highest BCUT2D eigenvalue weighted by Gasteiger charge is 2.23. The molecule has 3 aromatic carbocycles. The number of benzene rings is 3. The van der Waals surface area contributed by atoms with Gasteiger partial charge in [0, 0.05) is 29.1 Å². The van der Waals surface area contributed by atoms with Crippen molar-refractivity contribution in [2.75, 3.05) is 11.9 Å². The zero-order valence-electron chi connectivity index (χ0n) is 18.1. The molecule has 2 amide bonds. The van der Waals surface area contributed by atoms with Crippen molar-refractivity contribution in [3.05, 3.63) is 95.8 Å². The molecule has 4 rings (SSSR count). The largest absolute Gasteiger partial charge is 0.340 e. The van der Waals surface area contributed by atoms with Crippen LogP contribution < -0.4 is 15.4 Å². The van der Waals surface area contributed by atoms with Crippen molar-refractivity contribution >= 4 is 29.4 Å². The summed E-state index contributed by atoms with van der Waals surface area (Å²) in [6.45, 7) is 1.01. The lowest BCUT2D eigenvalue weighted by molar-refractivity contribution is -0.118. The lowest BCUT2D eigenvalue weighted by Crippen LogP contribution is -2.45. The maximum atomic E-state index is 13.2. The monoisotopic (exact) mass is 463 g/mol. The molecule has 0 spiro atoms. The van der Waals surface area contributed by atoms with Gasteiger partial charge in [-0.05, 0) is 84.8 Å². The first-order valence-electron chi connectivity index (χ1n) is 11.0. The van der Waals surface area contributed by atoms with Crippen LogP contribution in [0.4, 0.5) is 10.1 Å². The zero-order chi connectivity index (χ0) is 23.0. The van der Waals surface area contributed by atoms with Crippen LogP contribution in [-0.2, 0) is 11.2 Å². The van der Waals surface area contributed by atoms with E-state index in [0.717, 1.165) is 22.9 Å². The maximum Gasteiger partial charge on any atom is 0.251 e. The number of rotatable bonds is 10. The van der Waals surface area contributed by atoms with E-state index in [1.165, 1.54) is 37.1 Å². The summed E-state index contributed by atoms with van der Waals surface area (Å²) in [5.74, 6) is -0.363. The first kappa shape index (κ1) is 23.0. The molecule has 0 radical (unpaired) electrons. The highest BCUT2D eigenvalue weighted by molar-refractivity contribution is 7.97. The van der Waals surface area contributed by atoms with E-state index in [9.17, 15) is 14.0 Å². The lowest BCUT2D eigenvalue weighted by atomic mass is 10.0. The van der Waals surface area contributed by atoms with Gasteiger partial charge in [-0.15, -0.1) is 0 Å². The Bertz CT molecular complexity index is 1070. The summed E-state index contributed by atoms with van der Waals surface area (Å²) < 4.78 is 16.6. The molecule has 0 bridgehead atoms. The third-order valence-corrected chi connectivity index (χ3v) is 6.21. The van der Waals surface area contributed by atoms with E-state index >= 15 is 0 Å². The normalized spacial score (nSPS) is 13.8. The Morgan fingerprint density at radius 3 is 2.30 bits per heavy atom. The van der Waals surface area contributed by atoms with E-state index in [4.69, 9.17) is 0 Å². The minimum Gasteiger partial charge on any atom is -0.340 e. The number of amides is 2. The topological polar surface area (TPSA) is 70.2 Å². The summed E-state index contributed by atoms with van der Waals surface area (Å²) >= 11 is 1.59. The van der Waals surface area contributed by atoms with Gasteiger partial charge >= 0.3 is 0 Å². The second kappa shape index (κ2) is 11.1. The lowest BCUT2D eigenvalue weighted by Gasteiger charge is -2.19. The van der Waals surface area contributed by atoms with Gasteiger partial charge in [-0.1, -0.05) is 30.3 Å². The van der Waals surface area contributed by atoms with Gasteiger partial charge in [-0.2, -0.15) is 0 Å². The van der Waals surface area contributed by atoms with Crippen LogP contribution in [0.1, 0.15) is 28.8 Å². The molecule has 1 aliphatic carbocycles. The third-order valence-electron chi connectivity index (χ3n) is 5.39. The number of hydrogen-bond donors (Lipinski definition) is 3. The summed E-state index contributed by atoms with van der Waals surface area (Å²) in [5, 5.41) is 5.69. The van der Waals surface area contributed by atoms with E-state index in [2.05, 4.69) is 15.4 Å². The fourth-order valence-electron chi connectivity index (χ4n) is 3.30. The van der Waals surface area contributed by atoms with Crippen molar-refractivity contribution in [2.24, 2.45) is 5.92 Å². The smallest absolute Gasteiger partial charge is 0.251 e. The summed E-state index contributed by atoms with van der Waals surface area (Å²) in [6.07, 6.45) is 2.94. The summed E-state index contributed by atoms with van der Waals surface area (Å²) in [6, 6.07) is 21.5. The van der Waals surface area contributed by atoms with Crippen LogP contribution in [0.15, 0.2) is 83.8 Å². The van der Waals surface area contributed by atoms with Crippen LogP contribution >= 0.6 is 11.9 Å². The predicted octanol–water partition coefficient (Wildman–Crippen LogP) is 4.81. The number of carbonyl (C=O) groups is 2. The van der Waals surface area contributed by atoms with E-state index in [-0.39, 0.29) is 5.91 Å². The molecule has 1 fully saturated rings. The highest BCUT2D eigenvalue weighted by atomic mass is 32.2. The van der Waals surface area contributed by atoms with Gasteiger partial charge in [-0.3, -0.25) is 14.3 Å². The standard InChI is InChI=1S/C26H26FN3O2S/c27-21-10-8-20(9-11-21)25(31)30-24(16-18-4-2-1-3-5-18)26(32)29-22-12-14-23(15-13-22)33-28-17-19-6-7-19/h1-5,8-15,19,24,28H,6-7,16-17H2,(H,29,32)(H,30,31). The van der Waals surface area contributed by atoms with E-state index in [0.29, 0.717) is 17.7 Å². The summed E-state index contributed by atoms with van der Waals surface area (Å²) in [5.41, 5.74) is 1.87. The van der Waals surface area contributed by atoms with Crippen LogP contribution in [0, 0.1) is 11.7 Å². The molecule has 33 heavy (non-hydrogen) atoms. The molecule has 1 unspecified atom stereocenters. The van der Waals surface area contributed by atoms with Gasteiger partial charge in [0.05, 0.1) is 0 Å². The minimum atomic E-state index is -0.792. The molecule has 1 saturated carbocycles. The Morgan fingerprint density at radius 1 is 0.939 bits per heavy atom. The molecule has 0 heterocycles. The van der Waals surface area contributed by atoms with Gasteiger partial charge in [-0.25, -0.2) is 4.39 Å². The van der Waals surface area contributed by atoms with Crippen molar-refractivity contribution in [1.82, 2.24) is 10.0 Å². The second-order valence-electron chi connectivity index (χ2n) is 8.13. The Kier molecular flexibility index (Phi) is 7.75. The van der Waals surface area contributed by atoms with Crippen LogP contribution in [0.2, 0.25) is 0 Å². The van der Waals surface area contributed by atoms with E-state index < -0.39 is 17.8 Å². The molecular weight excluding hydrogens is 437 g/mol. The molecule has 0 aromatic heterocycles. The molecule has 3 aromatic rings. The van der Waals surface area contributed by atoms with Crippen molar-refractivity contribution in [3.63, 3.8) is 0 Å². The van der Waals surface area contributed by atoms with Gasteiger partial charge in [0.25, 0.3) is 5.91 Å². The number of hydrogen-bond acceptors (Lipinski definition) is 4. The van der Waals surface area contributed by atoms with Crippen molar-refractivity contribution in [1.29, 1.82) is 0 Å². The molecule has 170 valence electrons. The second-order valence-corrected chi connectivity index (χ2v) is 9.09. The molecule has 7 heteroatoms. The summed E-state index contributed by atoms with van der Waals surface area (Å²) in [7, 11) is 0. The van der Waals surface area contributed by atoms with Crippen LogP contribution in [0.5, 0.6) is 0 Å². The molecule has 1 atom stereocenters. The first-order chi connectivity index (χ1) is 16.1. The predicted molar refractivity (Wildman–Crippen MR) is 129 cm³/mol. The molecule has 0 saturated heterocycles. The van der Waals surface area contributed by atoms with Gasteiger partial charge in [0.1, 0.15) is 11.9 Å². The number of anilines is 1. The number of nitrogens with one attached hydrogen (secondary N) is 3. The van der Waals surface area contributed by atoms with Gasteiger partial charge < -0.3 is 10.6 Å². The van der Waals surface area contributed by atoms with Crippen LogP contribution in [-0.4, -0.2) is 24.4 Å². The zero-order valence-corrected chi connectivity index (χ0v) is 18.9. The fourth-order valence-corrected chi connectivity index (χ4v) is 4.06. The molecule has 5 nitrogen and oxygen atoms in total. The van der Waals surface area contributed by atoms with Gasteiger partial charge in [0.2, 0.25) is 5.91 Å². The fraction of sp³-hybridized carbons (Fsp3) is 0.231. The molecular formula is C26H26FN3O2S. The number of carbonyl (C=O) groups excluding carboxylic acids is 2. The van der Waals surface area contributed by atoms with Crippen molar-refractivity contribution in [3.8, 4) is 0 Å². The Balaban J connectivity index is 1.40. The minimum absolute atomic E-state index is 0.294. The Hall–Kier alpha value is -3.16. The third kappa shape index (κ3) is 7.17. The van der Waals surface area contributed by atoms with Crippen molar-refractivity contribution in [2.45, 2.75) is 30.2 Å². The summed E-state index contributed by atoms with van der Waals surface area (Å²) in [4.78, 5) is 26.8. The Morgan fingerprint density at radius 2 is 1.64 bits per heavy atom. The van der Waals surface area contributed by atoms with Crippen LogP contribution in [0.25, 0.3) is 0 Å². The van der Waals surface area contributed by atoms with E-state index in [1.807, 2.05) is 54.6 Å². The molecule has 0 aliphatic heterocycles. The van der Waals surface area contributed by atoms with E-state index in [1.54, 1.807) is 11.9 Å². The molecule has 1 aliphatic rings. The Labute approximate surface area is 197 Å². The SMILES string of the molecule is O=C(NC(Cc1ccccc1)C(=O)Nc1ccc(SNCC2CC2)cc1)c1ccc(F)cc1. The maximum absolute atomic E-state index is 13.2. The average Bonchev–Trinajstić information content (AvgIpc) is 3.65. The highest BCUT2D eigenvalue weighted by Crippen LogP contribution is 2.29. The van der Waals surface area contributed by atoms with Crippen molar-refractivity contribution < 1.29 is 14.0 Å². The number of halogens is 1. The average molecular weight is 464 g/mol. The van der Waals surface area contributed by atoms with Crippen LogP contribution in [0.3, 0.4) is 0 Å². The van der Waals surface area contributed by atoms with Gasteiger partial charge in [0.15, 0.2) is 0 Å².